The maximum absolute atomic E-state index is 5.80. The monoisotopic (exact) mass is 264 g/mol. The van der Waals surface area contributed by atoms with Gasteiger partial charge >= 0.3 is 0 Å². The van der Waals surface area contributed by atoms with Crippen molar-refractivity contribution in [1.29, 1.82) is 0 Å². The molecule has 0 amide bonds. The van der Waals surface area contributed by atoms with Crippen LogP contribution in [0.1, 0.15) is 32.3 Å². The van der Waals surface area contributed by atoms with E-state index in [-0.39, 0.29) is 0 Å². The Labute approximate surface area is 117 Å². The van der Waals surface area contributed by atoms with E-state index in [1.807, 2.05) is 24.3 Å². The molecule has 1 aromatic carbocycles. The van der Waals surface area contributed by atoms with Crippen LogP contribution in [0.5, 0.6) is 5.75 Å². The highest BCUT2D eigenvalue weighted by Gasteiger charge is 2.05. The van der Waals surface area contributed by atoms with E-state index in [0.29, 0.717) is 6.54 Å². The second-order valence-corrected chi connectivity index (χ2v) is 5.29. The summed E-state index contributed by atoms with van der Waals surface area (Å²) in [5.41, 5.74) is 6.76. The van der Waals surface area contributed by atoms with Crippen LogP contribution in [0.25, 0.3) is 0 Å². The van der Waals surface area contributed by atoms with Crippen LogP contribution < -0.4 is 10.5 Å². The van der Waals surface area contributed by atoms with Gasteiger partial charge in [-0.15, -0.1) is 0 Å². The third-order valence-corrected chi connectivity index (χ3v) is 3.45. The lowest BCUT2D eigenvalue weighted by molar-refractivity contribution is 0.241. The highest BCUT2D eigenvalue weighted by atomic mass is 16.5. The van der Waals surface area contributed by atoms with E-state index >= 15 is 0 Å². The lowest BCUT2D eigenvalue weighted by atomic mass is 10.1. The Morgan fingerprint density at radius 3 is 2.74 bits per heavy atom. The van der Waals surface area contributed by atoms with Crippen LogP contribution >= 0.6 is 0 Å². The molecule has 0 spiro atoms. The molecule has 0 saturated carbocycles. The summed E-state index contributed by atoms with van der Waals surface area (Å²) in [6.07, 6.45) is 2.29. The molecule has 3 heteroatoms. The first-order chi connectivity index (χ1) is 9.17. The first kappa shape index (κ1) is 16.0. The summed E-state index contributed by atoms with van der Waals surface area (Å²) in [7, 11) is 2.18. The molecule has 0 aliphatic rings. The normalized spacial score (nSPS) is 12.7. The van der Waals surface area contributed by atoms with Crippen molar-refractivity contribution in [1.82, 2.24) is 4.90 Å². The number of nitrogens with two attached hydrogens (primary N) is 1. The van der Waals surface area contributed by atoms with Gasteiger partial charge in [-0.1, -0.05) is 38.5 Å². The van der Waals surface area contributed by atoms with E-state index in [1.165, 1.54) is 6.42 Å². The average molecular weight is 264 g/mol. The zero-order valence-electron chi connectivity index (χ0n) is 12.6. The van der Waals surface area contributed by atoms with Gasteiger partial charge in [-0.25, -0.2) is 0 Å². The zero-order chi connectivity index (χ0) is 14.1. The summed E-state index contributed by atoms with van der Waals surface area (Å²) in [5, 5.41) is 0. The predicted octanol–water partition coefficient (Wildman–Crippen LogP) is 2.89. The topological polar surface area (TPSA) is 38.5 Å². The van der Waals surface area contributed by atoms with Crippen LogP contribution in [0.3, 0.4) is 0 Å². The molecule has 1 rings (SSSR count). The molecule has 0 fully saturated rings. The van der Waals surface area contributed by atoms with Crippen molar-refractivity contribution in [3.05, 3.63) is 29.8 Å². The van der Waals surface area contributed by atoms with Crippen molar-refractivity contribution >= 4 is 0 Å². The Kier molecular flexibility index (Phi) is 7.53. The number of rotatable bonds is 9. The van der Waals surface area contributed by atoms with Crippen molar-refractivity contribution in [3.8, 4) is 5.75 Å². The Morgan fingerprint density at radius 2 is 2.05 bits per heavy atom. The molecule has 19 heavy (non-hydrogen) atoms. The van der Waals surface area contributed by atoms with Crippen LogP contribution in [0.4, 0.5) is 0 Å². The minimum absolute atomic E-state index is 0.532. The van der Waals surface area contributed by atoms with E-state index in [9.17, 15) is 0 Å². The summed E-state index contributed by atoms with van der Waals surface area (Å²) in [6.45, 7) is 8.06. The third-order valence-electron chi connectivity index (χ3n) is 3.45. The zero-order valence-corrected chi connectivity index (χ0v) is 12.6. The smallest absolute Gasteiger partial charge is 0.123 e. The van der Waals surface area contributed by atoms with Crippen molar-refractivity contribution in [2.24, 2.45) is 11.7 Å². The van der Waals surface area contributed by atoms with Gasteiger partial charge < -0.3 is 15.4 Å². The van der Waals surface area contributed by atoms with Gasteiger partial charge in [0.05, 0.1) is 6.61 Å². The van der Waals surface area contributed by atoms with Crippen molar-refractivity contribution in [2.75, 3.05) is 26.7 Å². The largest absolute Gasteiger partial charge is 0.493 e. The summed E-state index contributed by atoms with van der Waals surface area (Å²) in [4.78, 5) is 2.38. The van der Waals surface area contributed by atoms with Crippen molar-refractivity contribution in [2.45, 2.75) is 33.2 Å². The fourth-order valence-corrected chi connectivity index (χ4v) is 2.08. The molecule has 0 radical (unpaired) electrons. The van der Waals surface area contributed by atoms with Crippen LogP contribution in [-0.4, -0.2) is 31.6 Å². The molecule has 1 unspecified atom stereocenters. The van der Waals surface area contributed by atoms with Crippen LogP contribution in [-0.2, 0) is 6.54 Å². The molecule has 0 bridgehead atoms. The van der Waals surface area contributed by atoms with Gasteiger partial charge in [0.15, 0.2) is 0 Å². The third kappa shape index (κ3) is 6.08. The van der Waals surface area contributed by atoms with Crippen molar-refractivity contribution < 1.29 is 4.74 Å². The van der Waals surface area contributed by atoms with E-state index in [1.54, 1.807) is 0 Å². The molecular weight excluding hydrogens is 236 g/mol. The first-order valence-electron chi connectivity index (χ1n) is 7.26. The quantitative estimate of drug-likeness (QED) is 0.697. The van der Waals surface area contributed by atoms with Crippen LogP contribution in [0, 0.1) is 5.92 Å². The number of para-hydroxylation sites is 1. The standard InChI is InChI=1S/C16H28N2O/c1-4-14(2)13-18(3)10-7-11-19-16-9-6-5-8-15(16)12-17/h5-6,8-9,14H,4,7,10-13,17H2,1-3H3. The highest BCUT2D eigenvalue weighted by Crippen LogP contribution is 2.17. The van der Waals surface area contributed by atoms with E-state index in [2.05, 4.69) is 25.8 Å². The Balaban J connectivity index is 2.23. The van der Waals surface area contributed by atoms with Gasteiger partial charge in [-0.05, 0) is 25.5 Å². The first-order valence-corrected chi connectivity index (χ1v) is 7.26. The molecule has 0 aromatic heterocycles. The molecule has 0 aliphatic heterocycles. The molecule has 108 valence electrons. The number of nitrogens with zero attached hydrogens (tertiary/aromatic N) is 1. The molecule has 0 saturated heterocycles. The molecule has 1 aromatic rings. The minimum Gasteiger partial charge on any atom is -0.493 e. The van der Waals surface area contributed by atoms with Crippen molar-refractivity contribution in [3.63, 3.8) is 0 Å². The van der Waals surface area contributed by atoms with E-state index < -0.39 is 0 Å². The molecule has 2 N–H and O–H groups in total. The summed E-state index contributed by atoms with van der Waals surface area (Å²) in [5.74, 6) is 1.69. The number of hydrogen-bond donors (Lipinski definition) is 1. The Hall–Kier alpha value is -1.06. The van der Waals surface area contributed by atoms with Gasteiger partial charge in [-0.2, -0.15) is 0 Å². The van der Waals surface area contributed by atoms with Gasteiger partial charge in [0.1, 0.15) is 5.75 Å². The molecular formula is C16H28N2O. The second kappa shape index (κ2) is 8.94. The lowest BCUT2D eigenvalue weighted by Gasteiger charge is -2.20. The Morgan fingerprint density at radius 1 is 1.32 bits per heavy atom. The number of hydrogen-bond acceptors (Lipinski definition) is 3. The second-order valence-electron chi connectivity index (χ2n) is 5.29. The fourth-order valence-electron chi connectivity index (χ4n) is 2.08. The fraction of sp³-hybridized carbons (Fsp3) is 0.625. The summed E-state index contributed by atoms with van der Waals surface area (Å²) in [6, 6.07) is 7.99. The lowest BCUT2D eigenvalue weighted by Crippen LogP contribution is -2.26. The molecule has 3 nitrogen and oxygen atoms in total. The minimum atomic E-state index is 0.532. The van der Waals surface area contributed by atoms with Gasteiger partial charge in [-0.3, -0.25) is 0 Å². The van der Waals surface area contributed by atoms with Gasteiger partial charge in [0.25, 0.3) is 0 Å². The molecule has 0 heterocycles. The SMILES string of the molecule is CCC(C)CN(C)CCCOc1ccccc1CN. The van der Waals surface area contributed by atoms with E-state index in [0.717, 1.165) is 43.3 Å². The Bertz CT molecular complexity index is 354. The van der Waals surface area contributed by atoms with Crippen LogP contribution in [0.2, 0.25) is 0 Å². The summed E-state index contributed by atoms with van der Waals surface area (Å²) >= 11 is 0. The van der Waals surface area contributed by atoms with Gasteiger partial charge in [0, 0.05) is 25.2 Å². The summed E-state index contributed by atoms with van der Waals surface area (Å²) < 4.78 is 5.80. The average Bonchev–Trinajstić information content (AvgIpc) is 2.43. The predicted molar refractivity (Wildman–Crippen MR) is 81.4 cm³/mol. The maximum atomic E-state index is 5.80. The van der Waals surface area contributed by atoms with Gasteiger partial charge in [0.2, 0.25) is 0 Å². The number of benzene rings is 1. The molecule has 1 atom stereocenters. The maximum Gasteiger partial charge on any atom is 0.123 e. The number of ether oxygens (including phenoxy) is 1. The highest BCUT2D eigenvalue weighted by molar-refractivity contribution is 5.32. The van der Waals surface area contributed by atoms with Crippen LogP contribution in [0.15, 0.2) is 24.3 Å². The molecule has 0 aliphatic carbocycles. The van der Waals surface area contributed by atoms with E-state index in [4.69, 9.17) is 10.5 Å².